The molecule has 2 fully saturated rings. The van der Waals surface area contributed by atoms with Gasteiger partial charge in [-0.2, -0.15) is 0 Å². The Morgan fingerprint density at radius 1 is 1.65 bits per heavy atom. The molecule has 1 N–H and O–H groups in total. The zero-order chi connectivity index (χ0) is 11.9. The van der Waals surface area contributed by atoms with Gasteiger partial charge in [-0.3, -0.25) is 4.79 Å². The lowest BCUT2D eigenvalue weighted by Gasteiger charge is -2.22. The first-order valence-electron chi connectivity index (χ1n) is 6.47. The quantitative estimate of drug-likeness (QED) is 0.723. The van der Waals surface area contributed by atoms with Crippen LogP contribution in [0.5, 0.6) is 0 Å². The first-order valence-corrected chi connectivity index (χ1v) is 6.47. The lowest BCUT2D eigenvalue weighted by atomic mass is 9.96. The van der Waals surface area contributed by atoms with Crippen molar-refractivity contribution in [3.8, 4) is 0 Å². The number of hydrogen-bond acceptors (Lipinski definition) is 4. The molecule has 1 amide bonds. The molecule has 5 nitrogen and oxygen atoms in total. The normalized spacial score (nSPS) is 36.4. The number of amides is 1. The van der Waals surface area contributed by atoms with E-state index < -0.39 is 0 Å². The summed E-state index contributed by atoms with van der Waals surface area (Å²) in [7, 11) is 0. The molecule has 2 atom stereocenters. The number of carbonyl (C=O) groups excluding carboxylic acids is 1. The van der Waals surface area contributed by atoms with Gasteiger partial charge in [0, 0.05) is 32.0 Å². The van der Waals surface area contributed by atoms with Crippen LogP contribution in [-0.4, -0.2) is 47.8 Å². The standard InChI is InChI=1S/C12H19N3O2/c1-9-3-2-6-15(9)11(16)10-7-12(17-14-10)4-5-13-8-12/h9,13H,2-8H2,1H3/t9-,12+/m0/s1. The molecule has 3 heterocycles. The third kappa shape index (κ3) is 1.82. The van der Waals surface area contributed by atoms with Crippen molar-refractivity contribution in [3.63, 3.8) is 0 Å². The van der Waals surface area contributed by atoms with E-state index >= 15 is 0 Å². The Hall–Kier alpha value is -1.10. The van der Waals surface area contributed by atoms with E-state index in [9.17, 15) is 4.79 Å². The molecule has 0 saturated carbocycles. The van der Waals surface area contributed by atoms with Crippen LogP contribution in [0.2, 0.25) is 0 Å². The number of likely N-dealkylation sites (tertiary alicyclic amines) is 1. The van der Waals surface area contributed by atoms with Crippen LogP contribution in [0.1, 0.15) is 32.6 Å². The highest BCUT2D eigenvalue weighted by Crippen LogP contribution is 2.31. The minimum Gasteiger partial charge on any atom is -0.387 e. The smallest absolute Gasteiger partial charge is 0.272 e. The minimum atomic E-state index is -0.228. The van der Waals surface area contributed by atoms with Crippen molar-refractivity contribution in [1.29, 1.82) is 0 Å². The molecule has 17 heavy (non-hydrogen) atoms. The van der Waals surface area contributed by atoms with E-state index in [0.717, 1.165) is 38.9 Å². The van der Waals surface area contributed by atoms with E-state index in [4.69, 9.17) is 4.84 Å². The fourth-order valence-corrected chi connectivity index (χ4v) is 2.99. The summed E-state index contributed by atoms with van der Waals surface area (Å²) in [6, 6.07) is 0.350. The van der Waals surface area contributed by atoms with Crippen LogP contribution in [0.3, 0.4) is 0 Å². The third-order valence-electron chi connectivity index (χ3n) is 4.10. The van der Waals surface area contributed by atoms with Gasteiger partial charge in [0.25, 0.3) is 5.91 Å². The van der Waals surface area contributed by atoms with Gasteiger partial charge in [0.1, 0.15) is 5.71 Å². The van der Waals surface area contributed by atoms with E-state index in [1.165, 1.54) is 0 Å². The molecule has 0 unspecified atom stereocenters. The number of rotatable bonds is 1. The highest BCUT2D eigenvalue weighted by Gasteiger charge is 2.45. The lowest BCUT2D eigenvalue weighted by molar-refractivity contribution is -0.124. The van der Waals surface area contributed by atoms with Gasteiger partial charge in [-0.25, -0.2) is 0 Å². The molecule has 0 bridgehead atoms. The molecule has 0 aromatic heterocycles. The second-order valence-corrected chi connectivity index (χ2v) is 5.41. The SMILES string of the molecule is C[C@H]1CCCN1C(=O)C1=NO[C@]2(CCNC2)C1. The van der Waals surface area contributed by atoms with Gasteiger partial charge in [-0.1, -0.05) is 5.16 Å². The summed E-state index contributed by atoms with van der Waals surface area (Å²) in [5.41, 5.74) is 0.385. The Morgan fingerprint density at radius 3 is 3.18 bits per heavy atom. The van der Waals surface area contributed by atoms with Crippen molar-refractivity contribution in [3.05, 3.63) is 0 Å². The summed E-state index contributed by atoms with van der Waals surface area (Å²) >= 11 is 0. The molecule has 94 valence electrons. The molecule has 3 aliphatic rings. The molecule has 0 aliphatic carbocycles. The maximum absolute atomic E-state index is 12.3. The van der Waals surface area contributed by atoms with Crippen LogP contribution in [0.4, 0.5) is 0 Å². The predicted octanol–water partition coefficient (Wildman–Crippen LogP) is 0.506. The average molecular weight is 237 g/mol. The molecule has 0 aromatic carbocycles. The first kappa shape index (κ1) is 11.0. The maximum Gasteiger partial charge on any atom is 0.272 e. The van der Waals surface area contributed by atoms with E-state index in [0.29, 0.717) is 18.2 Å². The summed E-state index contributed by atoms with van der Waals surface area (Å²) in [5, 5.41) is 7.30. The van der Waals surface area contributed by atoms with Crippen molar-refractivity contribution >= 4 is 11.6 Å². The Balaban J connectivity index is 1.67. The van der Waals surface area contributed by atoms with Gasteiger partial charge in [0.15, 0.2) is 5.60 Å². The van der Waals surface area contributed by atoms with E-state index in [-0.39, 0.29) is 11.5 Å². The van der Waals surface area contributed by atoms with Gasteiger partial charge in [-0.05, 0) is 26.3 Å². The molecule has 0 aromatic rings. The van der Waals surface area contributed by atoms with Gasteiger partial charge in [-0.15, -0.1) is 0 Å². The number of nitrogens with zero attached hydrogens (tertiary/aromatic N) is 2. The molecule has 2 saturated heterocycles. The monoisotopic (exact) mass is 237 g/mol. The largest absolute Gasteiger partial charge is 0.387 e. The van der Waals surface area contributed by atoms with Gasteiger partial charge >= 0.3 is 0 Å². The third-order valence-corrected chi connectivity index (χ3v) is 4.10. The Bertz CT molecular complexity index is 361. The predicted molar refractivity (Wildman–Crippen MR) is 63.8 cm³/mol. The fourth-order valence-electron chi connectivity index (χ4n) is 2.99. The lowest BCUT2D eigenvalue weighted by Crippen LogP contribution is -2.40. The Labute approximate surface area is 101 Å². The van der Waals surface area contributed by atoms with Crippen molar-refractivity contribution < 1.29 is 9.63 Å². The number of oxime groups is 1. The van der Waals surface area contributed by atoms with Crippen LogP contribution in [-0.2, 0) is 9.63 Å². The number of nitrogens with one attached hydrogen (secondary N) is 1. The van der Waals surface area contributed by atoms with Crippen LogP contribution in [0, 0.1) is 0 Å². The highest BCUT2D eigenvalue weighted by atomic mass is 16.7. The summed E-state index contributed by atoms with van der Waals surface area (Å²) in [6.07, 6.45) is 3.82. The molecule has 3 rings (SSSR count). The number of carbonyl (C=O) groups is 1. The second kappa shape index (κ2) is 3.98. The van der Waals surface area contributed by atoms with Crippen molar-refractivity contribution in [2.45, 2.75) is 44.2 Å². The maximum atomic E-state index is 12.3. The molecule has 1 spiro atoms. The molecule has 3 aliphatic heterocycles. The van der Waals surface area contributed by atoms with E-state index in [1.54, 1.807) is 0 Å². The van der Waals surface area contributed by atoms with Gasteiger partial charge in [0.2, 0.25) is 0 Å². The summed E-state index contributed by atoms with van der Waals surface area (Å²) in [4.78, 5) is 19.7. The highest BCUT2D eigenvalue weighted by molar-refractivity contribution is 6.39. The van der Waals surface area contributed by atoms with Crippen molar-refractivity contribution in [1.82, 2.24) is 10.2 Å². The summed E-state index contributed by atoms with van der Waals surface area (Å²) in [6.45, 7) is 4.73. The van der Waals surface area contributed by atoms with Crippen LogP contribution < -0.4 is 5.32 Å². The first-order chi connectivity index (χ1) is 8.20. The molecule has 0 radical (unpaired) electrons. The van der Waals surface area contributed by atoms with Crippen molar-refractivity contribution in [2.24, 2.45) is 5.16 Å². The van der Waals surface area contributed by atoms with Crippen LogP contribution >= 0.6 is 0 Å². The topological polar surface area (TPSA) is 53.9 Å². The van der Waals surface area contributed by atoms with E-state index in [2.05, 4.69) is 17.4 Å². The molecular formula is C12H19N3O2. The van der Waals surface area contributed by atoms with Gasteiger partial charge < -0.3 is 15.1 Å². The minimum absolute atomic E-state index is 0.0822. The average Bonchev–Trinajstić information content (AvgIpc) is 3.02. The van der Waals surface area contributed by atoms with Crippen LogP contribution in [0.15, 0.2) is 5.16 Å². The zero-order valence-electron chi connectivity index (χ0n) is 10.2. The number of hydrogen-bond donors (Lipinski definition) is 1. The Morgan fingerprint density at radius 2 is 2.53 bits per heavy atom. The second-order valence-electron chi connectivity index (χ2n) is 5.41. The summed E-state index contributed by atoms with van der Waals surface area (Å²) in [5.74, 6) is 0.0822. The Kier molecular flexibility index (Phi) is 2.58. The van der Waals surface area contributed by atoms with Gasteiger partial charge in [0.05, 0.1) is 0 Å². The summed E-state index contributed by atoms with van der Waals surface area (Å²) < 4.78 is 0. The molecule has 5 heteroatoms. The van der Waals surface area contributed by atoms with Crippen molar-refractivity contribution in [2.75, 3.05) is 19.6 Å². The fraction of sp³-hybridized carbons (Fsp3) is 0.833. The van der Waals surface area contributed by atoms with Crippen LogP contribution in [0.25, 0.3) is 0 Å². The van der Waals surface area contributed by atoms with E-state index in [1.807, 2.05) is 4.90 Å². The molecular weight excluding hydrogens is 218 g/mol. The zero-order valence-corrected chi connectivity index (χ0v) is 10.2.